The fourth-order valence-electron chi connectivity index (χ4n) is 17.8. The fraction of sp³-hybridized carbons (Fsp3) is 0.559. The molecule has 0 unspecified atom stereocenters. The number of nitrogens with one attached hydrogen (secondary N) is 9. The first kappa shape index (κ1) is 114. The van der Waals surface area contributed by atoms with Crippen LogP contribution in [0.1, 0.15) is 193 Å². The van der Waals surface area contributed by atoms with Gasteiger partial charge in [0.15, 0.2) is 29.0 Å². The molecule has 4 aromatic carbocycles. The number of tetrazole rings is 1. The molecule has 13 atom stereocenters. The van der Waals surface area contributed by atoms with Crippen LogP contribution in [0.5, 0.6) is 5.75 Å². The quantitative estimate of drug-likeness (QED) is 0.0138. The van der Waals surface area contributed by atoms with E-state index in [1.165, 1.54) is 45.3 Å². The van der Waals surface area contributed by atoms with Gasteiger partial charge in [-0.1, -0.05) is 107 Å². The van der Waals surface area contributed by atoms with Crippen LogP contribution < -0.4 is 42.4 Å². The average molecular weight is 2020 g/mol. The van der Waals surface area contributed by atoms with Crippen LogP contribution in [-0.2, 0) is 151 Å². The Balaban J connectivity index is 0.696. The van der Waals surface area contributed by atoms with Crippen molar-refractivity contribution in [1.82, 2.24) is 92.9 Å². The normalized spacial score (nSPS) is 16.2. The van der Waals surface area contributed by atoms with E-state index in [4.69, 9.17) is 34.2 Å². The monoisotopic (exact) mass is 2020 g/mol. The Hall–Kier alpha value is -13.2. The lowest BCUT2D eigenvalue weighted by Crippen LogP contribution is -2.55. The van der Waals surface area contributed by atoms with E-state index in [1.807, 2.05) is 75.5 Å². The zero-order chi connectivity index (χ0) is 105. The average Bonchev–Trinajstić information content (AvgIpc) is 1.61. The van der Waals surface area contributed by atoms with E-state index < -0.39 is 193 Å². The van der Waals surface area contributed by atoms with Crippen LogP contribution in [-0.4, -0.2) is 273 Å². The van der Waals surface area contributed by atoms with Gasteiger partial charge in [-0.2, -0.15) is 5.21 Å². The van der Waals surface area contributed by atoms with Crippen molar-refractivity contribution in [1.29, 1.82) is 0 Å². The standard InChI is InChI=1S/C102H138FN19O23/c1-9-67-48-74(144-37-13-12-35-122-56-73(113-121-122)58-143-43-42-142-41-40-141-39-38-140-36-15-20-92(133)145-59-78-76-27-29-80-81(115-118-114-80)30-28-77(76)78)25-26-75(67)68-23-21-65(22-24-68)47-70(96(135)108-82(95(104)134)19-14-16-66-45-61(2)44-62(3)46-66)49-86(127)84(52-91(131)132)109-97(136)71(57-123)50-87(128)93(63(4)124)112-100(139)102(8,53-69-17-10-11-18-79(69)103)54-88(129)94(64(5)125)111-90(130)32-31-85(126)83(51-89-116-119-120-117-89)110-99(138)101(6,7)98(137)106-34-33-72-55-105-60-107-72/h10-11,17-18,21-26,44-46,48,55-56,60,63-64,70-71,76-78,82-84,93-94,123-125H,9,12-16,19-20,27-43,47,49-54,57-59H2,1-8H3,(H2,104,134)(H,105,107)(H,106,137)(H,108,135)(H,109,136)(H,110,138)(H,111,130)(H,112,139)(H,131,132)(H,114,115,118)(H,116,117,119,120)/t63-,64-,70-,71+,76-,77+,78-,82+,83+,84+,93+,94+,102-/m1/s1. The van der Waals surface area contributed by atoms with Crippen molar-refractivity contribution in [3.8, 4) is 16.9 Å². The van der Waals surface area contributed by atoms with E-state index in [2.05, 4.69) is 88.2 Å². The molecule has 8 aromatic rings. The number of amides is 7. The zero-order valence-electron chi connectivity index (χ0n) is 83.5. The summed E-state index contributed by atoms with van der Waals surface area (Å²) in [5, 5.41) is 91.7. The maximum Gasteiger partial charge on any atom is 0.305 e. The molecule has 1 saturated carbocycles. The smallest absolute Gasteiger partial charge is 0.305 e. The number of halogens is 1. The topological polar surface area (TPSA) is 612 Å². The lowest BCUT2D eigenvalue weighted by Gasteiger charge is -2.33. The highest BCUT2D eigenvalue weighted by Crippen LogP contribution is 2.53. The van der Waals surface area contributed by atoms with Gasteiger partial charge in [-0.25, -0.2) is 9.37 Å². The molecule has 2 aliphatic rings. The Morgan fingerprint density at radius 3 is 1.99 bits per heavy atom. The van der Waals surface area contributed by atoms with Gasteiger partial charge >= 0.3 is 11.9 Å². The number of aliphatic carboxylic acids is 1. The number of carboxylic acids is 1. The van der Waals surface area contributed by atoms with Crippen molar-refractivity contribution in [3.05, 3.63) is 171 Å². The third-order valence-electron chi connectivity index (χ3n) is 26.2. The summed E-state index contributed by atoms with van der Waals surface area (Å²) in [6.07, 6.45) is 3.63. The van der Waals surface area contributed by atoms with Crippen LogP contribution in [0, 0.1) is 60.1 Å². The van der Waals surface area contributed by atoms with Gasteiger partial charge in [0.25, 0.3) is 0 Å². The molecule has 42 nitrogen and oxygen atoms in total. The molecule has 1 fully saturated rings. The van der Waals surface area contributed by atoms with E-state index in [1.54, 1.807) is 23.0 Å². The molecular formula is C102H138FN19O23. The van der Waals surface area contributed by atoms with Crippen LogP contribution in [0.25, 0.3) is 11.1 Å². The van der Waals surface area contributed by atoms with Crippen molar-refractivity contribution in [2.45, 2.75) is 252 Å². The first-order valence-corrected chi connectivity index (χ1v) is 49.5. The highest BCUT2D eigenvalue weighted by Gasteiger charge is 2.51. The third kappa shape index (κ3) is 36.2. The Morgan fingerprint density at radius 2 is 1.32 bits per heavy atom. The van der Waals surface area contributed by atoms with Crippen molar-refractivity contribution in [2.24, 2.45) is 46.2 Å². The van der Waals surface area contributed by atoms with Gasteiger partial charge in [0.05, 0.1) is 132 Å². The second-order valence-corrected chi connectivity index (χ2v) is 38.2. The minimum Gasteiger partial charge on any atom is -0.494 e. The highest BCUT2D eigenvalue weighted by molar-refractivity contribution is 6.06. The summed E-state index contributed by atoms with van der Waals surface area (Å²) < 4.78 is 51.9. The Kier molecular flexibility index (Phi) is 44.6. The molecular weight excluding hydrogens is 1880 g/mol. The molecule has 0 radical (unpaired) electrons. The molecule has 0 saturated heterocycles. The zero-order valence-corrected chi connectivity index (χ0v) is 83.5. The van der Waals surface area contributed by atoms with Crippen LogP contribution >= 0.6 is 0 Å². The second-order valence-electron chi connectivity index (χ2n) is 38.2. The number of imidazole rings is 1. The molecule has 145 heavy (non-hydrogen) atoms. The minimum absolute atomic E-state index is 0.0171. The van der Waals surface area contributed by atoms with Crippen molar-refractivity contribution in [3.63, 3.8) is 0 Å². The number of nitrogens with two attached hydrogens (primary N) is 1. The van der Waals surface area contributed by atoms with Gasteiger partial charge in [-0.05, 0) is 194 Å². The van der Waals surface area contributed by atoms with E-state index >= 15 is 4.39 Å². The predicted molar refractivity (Wildman–Crippen MR) is 521 cm³/mol. The molecule has 0 aliphatic heterocycles. The summed E-state index contributed by atoms with van der Waals surface area (Å²) in [5.41, 5.74) is 11.8. The van der Waals surface area contributed by atoms with Crippen LogP contribution in [0.4, 0.5) is 4.39 Å². The van der Waals surface area contributed by atoms with Gasteiger partial charge < -0.3 is 91.5 Å². The summed E-state index contributed by atoms with van der Waals surface area (Å²) in [4.78, 5) is 188. The number of esters is 1. The Bertz CT molecular complexity index is 5550. The van der Waals surface area contributed by atoms with E-state index in [9.17, 15) is 82.8 Å². The number of aryl methyl sites for hydroxylation is 7. The molecule has 7 amide bonds. The van der Waals surface area contributed by atoms with Crippen LogP contribution in [0.3, 0.4) is 0 Å². The number of primary amides is 1. The second kappa shape index (κ2) is 56.9. The number of carbonyl (C=O) groups excluding carboxylic acids is 12. The molecule has 15 N–H and O–H groups in total. The third-order valence-corrected chi connectivity index (χ3v) is 26.2. The van der Waals surface area contributed by atoms with Crippen molar-refractivity contribution >= 4 is 76.4 Å². The van der Waals surface area contributed by atoms with Crippen molar-refractivity contribution < 1.29 is 116 Å². The van der Waals surface area contributed by atoms with E-state index in [0.717, 1.165) is 102 Å². The number of aliphatic hydroxyl groups is 3. The number of aromatic amines is 3. The number of ketones is 4. The van der Waals surface area contributed by atoms with Crippen LogP contribution in [0.2, 0.25) is 0 Å². The number of nitrogens with zero attached hydrogens (tertiary/aromatic N) is 9. The fourth-order valence-corrected chi connectivity index (χ4v) is 17.8. The SMILES string of the molecule is CCc1cc(OCCCCn2cc(COCCOCCOCCOCCCC(=O)OC[C@@H]3[C@@H]4CCc5[nH]nnc5CC[C@@H]43)nn2)ccc1-c1ccc(C[C@H](CC(=O)[C@H](CC(=O)O)NC(=O)[C@H](CO)CC(=O)[C@@H](NC(=O)[C@@](C)(CC(=O)[C@@H](NC(=O)CCC(=O)[C@H](Cc2nn[nH]n2)NC(=O)C(C)(C)C(=O)NCCc2cnc[nH]2)[C@@H](C)O)Cc2ccccc2F)[C@@H](C)O)C(=O)N[C@@H](CCCc2cc(C)cc(C)c2)C(N)=O)cc1. The van der Waals surface area contributed by atoms with E-state index in [-0.39, 0.29) is 49.8 Å². The Morgan fingerprint density at radius 1 is 0.634 bits per heavy atom. The summed E-state index contributed by atoms with van der Waals surface area (Å²) >= 11 is 0. The largest absolute Gasteiger partial charge is 0.494 e. The number of fused-ring (bicyclic) bond motifs is 2. The predicted octanol–water partition coefficient (Wildman–Crippen LogP) is 4.85. The van der Waals surface area contributed by atoms with Crippen molar-refractivity contribution in [2.75, 3.05) is 72.6 Å². The number of aromatic nitrogens is 12. The highest BCUT2D eigenvalue weighted by atomic mass is 19.1. The molecule has 10 rings (SSSR count). The number of H-pyrrole nitrogens is 3. The summed E-state index contributed by atoms with van der Waals surface area (Å²) in [7, 11) is 0. The molecule has 43 heteroatoms. The molecule has 0 spiro atoms. The lowest BCUT2D eigenvalue weighted by molar-refractivity contribution is -0.145. The molecule has 2 aliphatic carbocycles. The van der Waals surface area contributed by atoms with E-state index in [0.29, 0.717) is 146 Å². The summed E-state index contributed by atoms with van der Waals surface area (Å²) in [6.45, 7) is 15.5. The number of carbonyl (C=O) groups is 13. The molecule has 4 heterocycles. The maximum absolute atomic E-state index is 15.7. The van der Waals surface area contributed by atoms with Gasteiger partial charge in [-0.15, -0.1) is 20.4 Å². The number of carboxylic acid groups (broad SMARTS) is 1. The number of benzene rings is 4. The minimum atomic E-state index is -2.12. The molecule has 0 bridgehead atoms. The number of hydrogen-bond donors (Lipinski definition) is 14. The molecule has 4 aromatic heterocycles. The van der Waals surface area contributed by atoms with Crippen LogP contribution in [0.15, 0.2) is 104 Å². The number of ether oxygens (including phenoxy) is 6. The van der Waals surface area contributed by atoms with Gasteiger partial charge in [0.1, 0.15) is 40.8 Å². The number of hydrogen-bond acceptors (Lipinski definition) is 30. The maximum atomic E-state index is 15.7. The summed E-state index contributed by atoms with van der Waals surface area (Å²) in [5.74, 6) is -14.0. The number of rotatable bonds is 67. The first-order chi connectivity index (χ1) is 69.5. The lowest BCUT2D eigenvalue weighted by atomic mass is 9.76. The first-order valence-electron chi connectivity index (χ1n) is 49.5. The Labute approximate surface area is 840 Å². The van der Waals surface area contributed by atoms with Gasteiger partial charge in [0, 0.05) is 88.9 Å². The molecule has 786 valence electrons. The van der Waals surface area contributed by atoms with Gasteiger partial charge in [0.2, 0.25) is 41.4 Å². The number of unbranched alkanes of at least 4 members (excludes halogenated alkanes) is 1. The van der Waals surface area contributed by atoms with Gasteiger partial charge in [-0.3, -0.25) is 72.1 Å². The number of aliphatic hydroxyl groups excluding tert-OH is 3. The summed E-state index contributed by atoms with van der Waals surface area (Å²) in [6, 6.07) is 15.8. The number of Topliss-reactive ketones (excluding diaryl/α,β-unsaturated/α-hetero) is 4.